The van der Waals surface area contributed by atoms with E-state index in [1.54, 1.807) is 19.1 Å². The molecule has 2 rings (SSSR count). The van der Waals surface area contributed by atoms with E-state index in [1.807, 2.05) is 0 Å². The molecule has 0 atom stereocenters. The highest BCUT2D eigenvalue weighted by atomic mass is 19.3. The topological polar surface area (TPSA) is 35.3 Å². The van der Waals surface area contributed by atoms with Crippen LogP contribution in [0.1, 0.15) is 5.89 Å². The van der Waals surface area contributed by atoms with Crippen LogP contribution in [0.2, 0.25) is 0 Å². The van der Waals surface area contributed by atoms with E-state index in [9.17, 15) is 8.78 Å². The number of fused-ring (bicyclic) bond motifs is 1. The Morgan fingerprint density at radius 2 is 2.21 bits per heavy atom. The lowest BCUT2D eigenvalue weighted by Gasteiger charge is -2.02. The number of hydrogen-bond donors (Lipinski definition) is 0. The predicted octanol–water partition coefficient (Wildman–Crippen LogP) is 2.74. The maximum absolute atomic E-state index is 12.0. The van der Waals surface area contributed by atoms with Crippen LogP contribution in [0.15, 0.2) is 22.6 Å². The molecule has 2 aromatic rings. The monoisotopic (exact) mass is 199 g/mol. The van der Waals surface area contributed by atoms with Gasteiger partial charge in [-0.15, -0.1) is 0 Å². The third kappa shape index (κ3) is 1.53. The van der Waals surface area contributed by atoms with Gasteiger partial charge in [-0.1, -0.05) is 6.07 Å². The second kappa shape index (κ2) is 3.25. The highest BCUT2D eigenvalue weighted by Gasteiger charge is 2.12. The lowest BCUT2D eigenvalue weighted by atomic mass is 10.3. The molecule has 0 saturated heterocycles. The SMILES string of the molecule is Cc1nc2cccc(OC(F)F)c2o1. The van der Waals surface area contributed by atoms with Crippen molar-refractivity contribution in [3.05, 3.63) is 24.1 Å². The Kier molecular flexibility index (Phi) is 2.07. The molecule has 14 heavy (non-hydrogen) atoms. The van der Waals surface area contributed by atoms with Gasteiger partial charge in [0.05, 0.1) is 0 Å². The van der Waals surface area contributed by atoms with Gasteiger partial charge in [0.1, 0.15) is 5.52 Å². The van der Waals surface area contributed by atoms with Crippen molar-refractivity contribution in [2.45, 2.75) is 13.5 Å². The minimum atomic E-state index is -2.86. The van der Waals surface area contributed by atoms with Crippen molar-refractivity contribution in [3.63, 3.8) is 0 Å². The number of ether oxygens (including phenoxy) is 1. The van der Waals surface area contributed by atoms with Crippen LogP contribution in [-0.4, -0.2) is 11.6 Å². The Morgan fingerprint density at radius 3 is 2.93 bits per heavy atom. The van der Waals surface area contributed by atoms with Gasteiger partial charge in [0, 0.05) is 6.92 Å². The Bertz CT molecular complexity index is 453. The van der Waals surface area contributed by atoms with Crippen LogP contribution in [0.25, 0.3) is 11.1 Å². The van der Waals surface area contributed by atoms with Gasteiger partial charge in [-0.3, -0.25) is 0 Å². The first-order valence-corrected chi connectivity index (χ1v) is 3.98. The van der Waals surface area contributed by atoms with E-state index in [0.29, 0.717) is 11.4 Å². The normalized spacial score (nSPS) is 11.1. The molecule has 1 aromatic heterocycles. The molecular formula is C9H7F2NO2. The molecule has 1 aromatic carbocycles. The van der Waals surface area contributed by atoms with E-state index in [-0.39, 0.29) is 11.3 Å². The van der Waals surface area contributed by atoms with Crippen molar-refractivity contribution in [1.29, 1.82) is 0 Å². The summed E-state index contributed by atoms with van der Waals surface area (Å²) in [6.07, 6.45) is 0. The van der Waals surface area contributed by atoms with Crippen LogP contribution in [0.3, 0.4) is 0 Å². The molecule has 0 unspecified atom stereocenters. The Balaban J connectivity index is 2.53. The van der Waals surface area contributed by atoms with E-state index in [2.05, 4.69) is 9.72 Å². The first kappa shape index (κ1) is 8.93. The molecule has 0 aliphatic carbocycles. The molecule has 0 fully saturated rings. The number of nitrogens with zero attached hydrogens (tertiary/aromatic N) is 1. The number of aryl methyl sites for hydroxylation is 1. The number of aromatic nitrogens is 1. The highest BCUT2D eigenvalue weighted by molar-refractivity contribution is 5.79. The molecule has 5 heteroatoms. The third-order valence-corrected chi connectivity index (χ3v) is 1.70. The lowest BCUT2D eigenvalue weighted by Crippen LogP contribution is -2.01. The molecule has 0 amide bonds. The zero-order chi connectivity index (χ0) is 10.1. The van der Waals surface area contributed by atoms with Crippen molar-refractivity contribution in [3.8, 4) is 5.75 Å². The standard InChI is InChI=1S/C9H7F2NO2/c1-5-12-6-3-2-4-7(8(6)13-5)14-9(10)11/h2-4,9H,1H3. The lowest BCUT2D eigenvalue weighted by molar-refractivity contribution is -0.0494. The molecule has 0 spiro atoms. The fraction of sp³-hybridized carbons (Fsp3) is 0.222. The van der Waals surface area contributed by atoms with Gasteiger partial charge >= 0.3 is 6.61 Å². The summed E-state index contributed by atoms with van der Waals surface area (Å²) in [5, 5.41) is 0. The maximum atomic E-state index is 12.0. The van der Waals surface area contributed by atoms with Crippen LogP contribution < -0.4 is 4.74 Å². The molecule has 74 valence electrons. The first-order valence-electron chi connectivity index (χ1n) is 3.98. The molecule has 0 saturated carbocycles. The summed E-state index contributed by atoms with van der Waals surface area (Å²) in [4.78, 5) is 3.99. The largest absolute Gasteiger partial charge is 0.437 e. The highest BCUT2D eigenvalue weighted by Crippen LogP contribution is 2.27. The minimum Gasteiger partial charge on any atom is -0.437 e. The average Bonchev–Trinajstić information content (AvgIpc) is 2.45. The summed E-state index contributed by atoms with van der Waals surface area (Å²) in [5.74, 6) is 0.434. The molecule has 0 aliphatic heterocycles. The quantitative estimate of drug-likeness (QED) is 0.745. The molecule has 0 radical (unpaired) electrons. The summed E-state index contributed by atoms with van der Waals surface area (Å²) < 4.78 is 33.3. The Hall–Kier alpha value is -1.65. The van der Waals surface area contributed by atoms with Crippen LogP contribution in [0, 0.1) is 6.92 Å². The van der Waals surface area contributed by atoms with Gasteiger partial charge in [0.2, 0.25) is 0 Å². The summed E-state index contributed by atoms with van der Waals surface area (Å²) >= 11 is 0. The summed E-state index contributed by atoms with van der Waals surface area (Å²) in [6.45, 7) is -1.21. The second-order valence-corrected chi connectivity index (χ2v) is 2.72. The summed E-state index contributed by atoms with van der Waals surface area (Å²) in [5.41, 5.74) is 0.769. The molecule has 0 N–H and O–H groups in total. The fourth-order valence-corrected chi connectivity index (χ4v) is 1.22. The van der Waals surface area contributed by atoms with Crippen molar-refractivity contribution in [2.75, 3.05) is 0 Å². The summed E-state index contributed by atoms with van der Waals surface area (Å²) in [7, 11) is 0. The van der Waals surface area contributed by atoms with Crippen LogP contribution >= 0.6 is 0 Å². The number of halogens is 2. The fourth-order valence-electron chi connectivity index (χ4n) is 1.22. The predicted molar refractivity (Wildman–Crippen MR) is 45.4 cm³/mol. The second-order valence-electron chi connectivity index (χ2n) is 2.72. The van der Waals surface area contributed by atoms with E-state index in [4.69, 9.17) is 4.42 Å². The van der Waals surface area contributed by atoms with Crippen LogP contribution in [-0.2, 0) is 0 Å². The Labute approximate surface area is 78.3 Å². The molecular weight excluding hydrogens is 192 g/mol. The van der Waals surface area contributed by atoms with Gasteiger partial charge in [-0.25, -0.2) is 4.98 Å². The van der Waals surface area contributed by atoms with E-state index in [1.165, 1.54) is 6.07 Å². The third-order valence-electron chi connectivity index (χ3n) is 1.70. The van der Waals surface area contributed by atoms with Crippen molar-refractivity contribution < 1.29 is 17.9 Å². The molecule has 0 bridgehead atoms. The number of para-hydroxylation sites is 1. The number of rotatable bonds is 2. The number of benzene rings is 1. The smallest absolute Gasteiger partial charge is 0.387 e. The van der Waals surface area contributed by atoms with E-state index < -0.39 is 6.61 Å². The molecule has 0 aliphatic rings. The molecule has 1 heterocycles. The van der Waals surface area contributed by atoms with Gasteiger partial charge in [-0.05, 0) is 12.1 Å². The van der Waals surface area contributed by atoms with Crippen molar-refractivity contribution >= 4 is 11.1 Å². The number of hydrogen-bond acceptors (Lipinski definition) is 3. The van der Waals surface area contributed by atoms with Crippen molar-refractivity contribution in [1.82, 2.24) is 4.98 Å². The minimum absolute atomic E-state index is 0.0121. The zero-order valence-electron chi connectivity index (χ0n) is 7.33. The van der Waals surface area contributed by atoms with Crippen LogP contribution in [0.5, 0.6) is 5.75 Å². The van der Waals surface area contributed by atoms with Gasteiger partial charge in [0.15, 0.2) is 17.2 Å². The van der Waals surface area contributed by atoms with Gasteiger partial charge < -0.3 is 9.15 Å². The van der Waals surface area contributed by atoms with Gasteiger partial charge in [0.25, 0.3) is 0 Å². The maximum Gasteiger partial charge on any atom is 0.387 e. The van der Waals surface area contributed by atoms with Crippen LogP contribution in [0.4, 0.5) is 8.78 Å². The Morgan fingerprint density at radius 1 is 1.43 bits per heavy atom. The van der Waals surface area contributed by atoms with E-state index in [0.717, 1.165) is 0 Å². The van der Waals surface area contributed by atoms with E-state index >= 15 is 0 Å². The van der Waals surface area contributed by atoms with Gasteiger partial charge in [-0.2, -0.15) is 8.78 Å². The summed E-state index contributed by atoms with van der Waals surface area (Å²) in [6, 6.07) is 4.67. The van der Waals surface area contributed by atoms with Crippen molar-refractivity contribution in [2.24, 2.45) is 0 Å². The number of alkyl halides is 2. The zero-order valence-corrected chi connectivity index (χ0v) is 7.33. The first-order chi connectivity index (χ1) is 6.66. The molecule has 3 nitrogen and oxygen atoms in total. The average molecular weight is 199 g/mol. The number of oxazole rings is 1.